The van der Waals surface area contributed by atoms with Crippen LogP contribution in [0.1, 0.15) is 25.7 Å². The number of likely N-dealkylation sites (tertiary alicyclic amines) is 1. The minimum Gasteiger partial charge on any atom is -0.454 e. The lowest BCUT2D eigenvalue weighted by Crippen LogP contribution is -2.44. The van der Waals surface area contributed by atoms with Crippen molar-refractivity contribution in [2.24, 2.45) is 0 Å². The molecule has 154 valence electrons. The largest absolute Gasteiger partial charge is 0.454 e. The molecule has 0 atom stereocenters. The van der Waals surface area contributed by atoms with Crippen molar-refractivity contribution in [3.8, 4) is 22.6 Å². The number of hydrogen-bond acceptors (Lipinski definition) is 6. The lowest BCUT2D eigenvalue weighted by atomic mass is 10.0. The molecule has 6 heteroatoms. The first-order valence-electron chi connectivity index (χ1n) is 11.0. The van der Waals surface area contributed by atoms with Crippen LogP contribution in [-0.4, -0.2) is 53.9 Å². The maximum atomic E-state index is 5.56. The molecule has 1 aromatic heterocycles. The first-order valence-corrected chi connectivity index (χ1v) is 11.0. The summed E-state index contributed by atoms with van der Waals surface area (Å²) in [6.07, 6.45) is 6.85. The number of aromatic nitrogens is 2. The van der Waals surface area contributed by atoms with E-state index in [4.69, 9.17) is 14.5 Å². The van der Waals surface area contributed by atoms with Crippen molar-refractivity contribution in [3.63, 3.8) is 0 Å². The molecule has 3 aromatic rings. The van der Waals surface area contributed by atoms with Gasteiger partial charge in [0.2, 0.25) is 6.79 Å². The molecule has 3 aliphatic rings. The van der Waals surface area contributed by atoms with E-state index in [0.29, 0.717) is 6.79 Å². The molecule has 3 aliphatic heterocycles. The Balaban J connectivity index is 1.30. The number of nitrogens with zero attached hydrogens (tertiary/aromatic N) is 4. The quantitative estimate of drug-likeness (QED) is 0.658. The normalized spacial score (nSPS) is 19.7. The minimum atomic E-state index is 0.294. The summed E-state index contributed by atoms with van der Waals surface area (Å²) in [4.78, 5) is 14.4. The molecule has 0 amide bonds. The van der Waals surface area contributed by atoms with E-state index in [0.717, 1.165) is 58.5 Å². The summed E-state index contributed by atoms with van der Waals surface area (Å²) in [6, 6.07) is 13.3. The van der Waals surface area contributed by atoms with Crippen LogP contribution in [0, 0.1) is 0 Å². The predicted molar refractivity (Wildman–Crippen MR) is 117 cm³/mol. The van der Waals surface area contributed by atoms with Crippen LogP contribution < -0.4 is 14.4 Å². The average Bonchev–Trinajstić information content (AvgIpc) is 3.50. The standard InChI is InChI=1S/C24H26N4O2/c1-2-10-27(9-1)19-7-11-28(12-8-19)24-20-13-17(3-5-21(20)25-15-26-24)18-4-6-22-23(14-18)30-16-29-22/h3-6,13-15,19H,1-2,7-12,16H2. The summed E-state index contributed by atoms with van der Waals surface area (Å²) >= 11 is 0. The zero-order valence-corrected chi connectivity index (χ0v) is 17.1. The molecule has 0 spiro atoms. The van der Waals surface area contributed by atoms with Gasteiger partial charge in [0, 0.05) is 24.5 Å². The van der Waals surface area contributed by atoms with Crippen molar-refractivity contribution in [1.82, 2.24) is 14.9 Å². The molecule has 6 rings (SSSR count). The van der Waals surface area contributed by atoms with E-state index in [1.54, 1.807) is 6.33 Å². The van der Waals surface area contributed by atoms with Crippen LogP contribution in [0.15, 0.2) is 42.7 Å². The van der Waals surface area contributed by atoms with Crippen LogP contribution in [0.2, 0.25) is 0 Å². The number of hydrogen-bond donors (Lipinski definition) is 0. The summed E-state index contributed by atoms with van der Waals surface area (Å²) in [5.74, 6) is 2.67. The van der Waals surface area contributed by atoms with Gasteiger partial charge < -0.3 is 19.3 Å². The highest BCUT2D eigenvalue weighted by molar-refractivity contribution is 5.93. The molecule has 2 fully saturated rings. The highest BCUT2D eigenvalue weighted by atomic mass is 16.7. The van der Waals surface area contributed by atoms with Crippen molar-refractivity contribution >= 4 is 16.7 Å². The molecular formula is C24H26N4O2. The smallest absolute Gasteiger partial charge is 0.231 e. The Morgan fingerprint density at radius 1 is 0.800 bits per heavy atom. The fourth-order valence-corrected chi connectivity index (χ4v) is 5.10. The van der Waals surface area contributed by atoms with Crippen molar-refractivity contribution in [3.05, 3.63) is 42.7 Å². The Labute approximate surface area is 176 Å². The van der Waals surface area contributed by atoms with Gasteiger partial charge in [0.05, 0.1) is 5.52 Å². The molecule has 2 saturated heterocycles. The molecule has 0 saturated carbocycles. The third-order valence-corrected chi connectivity index (χ3v) is 6.74. The Kier molecular flexibility index (Phi) is 4.45. The van der Waals surface area contributed by atoms with Gasteiger partial charge in [0.25, 0.3) is 0 Å². The van der Waals surface area contributed by atoms with Crippen molar-refractivity contribution in [2.75, 3.05) is 37.9 Å². The van der Waals surface area contributed by atoms with Crippen molar-refractivity contribution in [2.45, 2.75) is 31.7 Å². The monoisotopic (exact) mass is 402 g/mol. The molecule has 0 radical (unpaired) electrons. The maximum absolute atomic E-state index is 5.56. The Hall–Kier alpha value is -2.86. The molecule has 0 aliphatic carbocycles. The summed E-state index contributed by atoms with van der Waals surface area (Å²) < 4.78 is 11.0. The first-order chi connectivity index (χ1) is 14.8. The van der Waals surface area contributed by atoms with Gasteiger partial charge in [-0.3, -0.25) is 0 Å². The maximum Gasteiger partial charge on any atom is 0.231 e. The highest BCUT2D eigenvalue weighted by Crippen LogP contribution is 2.37. The zero-order chi connectivity index (χ0) is 19.9. The van der Waals surface area contributed by atoms with Gasteiger partial charge in [-0.1, -0.05) is 12.1 Å². The number of benzene rings is 2. The fraction of sp³-hybridized carbons (Fsp3) is 0.417. The van der Waals surface area contributed by atoms with Crippen LogP contribution in [0.3, 0.4) is 0 Å². The summed E-state index contributed by atoms with van der Waals surface area (Å²) in [5, 5.41) is 1.12. The van der Waals surface area contributed by atoms with Crippen LogP contribution in [-0.2, 0) is 0 Å². The molecule has 2 aromatic carbocycles. The van der Waals surface area contributed by atoms with Gasteiger partial charge in [-0.25, -0.2) is 9.97 Å². The van der Waals surface area contributed by atoms with E-state index >= 15 is 0 Å². The third kappa shape index (κ3) is 3.16. The van der Waals surface area contributed by atoms with E-state index in [1.165, 1.54) is 38.8 Å². The Morgan fingerprint density at radius 3 is 2.43 bits per heavy atom. The van der Waals surface area contributed by atoms with E-state index in [-0.39, 0.29) is 0 Å². The summed E-state index contributed by atoms with van der Waals surface area (Å²) in [7, 11) is 0. The van der Waals surface area contributed by atoms with Gasteiger partial charge in [0.1, 0.15) is 12.1 Å². The van der Waals surface area contributed by atoms with Crippen molar-refractivity contribution < 1.29 is 9.47 Å². The molecular weight excluding hydrogens is 376 g/mol. The highest BCUT2D eigenvalue weighted by Gasteiger charge is 2.27. The van der Waals surface area contributed by atoms with Gasteiger partial charge in [-0.05, 0) is 74.2 Å². The molecule has 4 heterocycles. The van der Waals surface area contributed by atoms with E-state index in [2.05, 4.69) is 45.1 Å². The molecule has 30 heavy (non-hydrogen) atoms. The SMILES string of the molecule is c1nc(N2CCC(N3CCCC3)CC2)c2cc(-c3ccc4c(c3)OCO4)ccc2n1. The minimum absolute atomic E-state index is 0.294. The van der Waals surface area contributed by atoms with Gasteiger partial charge in [-0.15, -0.1) is 0 Å². The fourth-order valence-electron chi connectivity index (χ4n) is 5.10. The van der Waals surface area contributed by atoms with Gasteiger partial charge in [0.15, 0.2) is 11.5 Å². The van der Waals surface area contributed by atoms with Crippen molar-refractivity contribution in [1.29, 1.82) is 0 Å². The number of piperidine rings is 1. The second-order valence-electron chi connectivity index (χ2n) is 8.46. The topological polar surface area (TPSA) is 50.7 Å². The Bertz CT molecular complexity index is 1070. The van der Waals surface area contributed by atoms with E-state index in [9.17, 15) is 0 Å². The molecule has 0 N–H and O–H groups in total. The van der Waals surface area contributed by atoms with Crippen LogP contribution in [0.25, 0.3) is 22.0 Å². The first kappa shape index (κ1) is 18.0. The second-order valence-corrected chi connectivity index (χ2v) is 8.46. The summed E-state index contributed by atoms with van der Waals surface area (Å²) in [5.41, 5.74) is 3.25. The predicted octanol–water partition coefficient (Wildman–Crippen LogP) is 4.09. The number of fused-ring (bicyclic) bond motifs is 2. The zero-order valence-electron chi connectivity index (χ0n) is 17.1. The number of anilines is 1. The van der Waals surface area contributed by atoms with Crippen LogP contribution in [0.5, 0.6) is 11.5 Å². The molecule has 6 nitrogen and oxygen atoms in total. The third-order valence-electron chi connectivity index (χ3n) is 6.74. The number of rotatable bonds is 3. The van der Waals surface area contributed by atoms with Gasteiger partial charge >= 0.3 is 0 Å². The molecule has 0 unspecified atom stereocenters. The van der Waals surface area contributed by atoms with E-state index in [1.807, 2.05) is 6.07 Å². The second kappa shape index (κ2) is 7.43. The summed E-state index contributed by atoms with van der Waals surface area (Å²) in [6.45, 7) is 4.96. The Morgan fingerprint density at radius 2 is 1.57 bits per heavy atom. The number of ether oxygens (including phenoxy) is 2. The lowest BCUT2D eigenvalue weighted by molar-refractivity contribution is 0.174. The molecule has 0 bridgehead atoms. The van der Waals surface area contributed by atoms with Crippen LogP contribution in [0.4, 0.5) is 5.82 Å². The van der Waals surface area contributed by atoms with Crippen LogP contribution >= 0.6 is 0 Å². The van der Waals surface area contributed by atoms with Gasteiger partial charge in [-0.2, -0.15) is 0 Å². The van der Waals surface area contributed by atoms with E-state index < -0.39 is 0 Å². The lowest BCUT2D eigenvalue weighted by Gasteiger charge is -2.37. The average molecular weight is 402 g/mol.